The first-order chi connectivity index (χ1) is 10.6. The Balaban J connectivity index is 0.00000192. The van der Waals surface area contributed by atoms with Crippen molar-refractivity contribution in [2.75, 3.05) is 0 Å². The van der Waals surface area contributed by atoms with Gasteiger partial charge in [-0.3, -0.25) is 0 Å². The van der Waals surface area contributed by atoms with E-state index in [1.54, 1.807) is 11.1 Å². The average Bonchev–Trinajstić information content (AvgIpc) is 2.84. The molecule has 0 aromatic rings. The zero-order valence-electron chi connectivity index (χ0n) is 13.7. The van der Waals surface area contributed by atoms with Crippen LogP contribution in [0.25, 0.3) is 0 Å². The Morgan fingerprint density at radius 1 is 0.957 bits per heavy atom. The van der Waals surface area contributed by atoms with Crippen molar-refractivity contribution in [2.45, 2.75) is 69.4 Å². The van der Waals surface area contributed by atoms with Gasteiger partial charge in [0.25, 0.3) is 0 Å². The molecular weight excluding hydrogens is 352 g/mol. The van der Waals surface area contributed by atoms with Crippen LogP contribution in [0.15, 0.2) is 22.3 Å². The van der Waals surface area contributed by atoms with Gasteiger partial charge in [0.05, 0.1) is 0 Å². The third-order valence-corrected chi connectivity index (χ3v) is 8.26. The summed E-state index contributed by atoms with van der Waals surface area (Å²) in [6.07, 6.45) is 9.29. The molecule has 0 spiro atoms. The van der Waals surface area contributed by atoms with Crippen LogP contribution in [-0.2, 0) is 34.9 Å². The van der Waals surface area contributed by atoms with Crippen LogP contribution in [0.1, 0.15) is 65.2 Å². The van der Waals surface area contributed by atoms with E-state index in [0.717, 1.165) is 25.7 Å². The molecule has 0 saturated carbocycles. The van der Waals surface area contributed by atoms with Crippen molar-refractivity contribution in [3.8, 4) is 0 Å². The van der Waals surface area contributed by atoms with Crippen molar-refractivity contribution in [1.82, 2.24) is 0 Å². The SMILES string of the molecule is CC(=O)[O][Ti+]([O]C(C)=O)[CH]1CCCC2=C1CC1=C2CCCC1.[Cl-]. The largest absolute Gasteiger partial charge is 1.00 e. The number of carbonyl (C=O) groups excluding carboxylic acids is 2. The van der Waals surface area contributed by atoms with E-state index in [1.807, 2.05) is 0 Å². The molecule has 0 bridgehead atoms. The average molecular weight is 375 g/mol. The summed E-state index contributed by atoms with van der Waals surface area (Å²) in [5.41, 5.74) is 6.16. The van der Waals surface area contributed by atoms with Crippen molar-refractivity contribution in [3.63, 3.8) is 0 Å². The molecule has 0 radical (unpaired) electrons. The summed E-state index contributed by atoms with van der Waals surface area (Å²) in [6, 6.07) is 0. The predicted octanol–water partition coefficient (Wildman–Crippen LogP) is 1.11. The molecule has 0 saturated heterocycles. The maximum atomic E-state index is 11.4. The number of halogens is 1. The molecule has 4 nitrogen and oxygen atoms in total. The molecule has 3 aliphatic carbocycles. The van der Waals surface area contributed by atoms with Crippen LogP contribution in [-0.4, -0.2) is 11.9 Å². The monoisotopic (exact) mass is 374 g/mol. The van der Waals surface area contributed by atoms with Crippen LogP contribution in [0.5, 0.6) is 0 Å². The van der Waals surface area contributed by atoms with Gasteiger partial charge in [0, 0.05) is 0 Å². The maximum absolute atomic E-state index is 11.4. The quantitative estimate of drug-likeness (QED) is 0.695. The topological polar surface area (TPSA) is 52.6 Å². The van der Waals surface area contributed by atoms with E-state index in [1.165, 1.54) is 50.7 Å². The van der Waals surface area contributed by atoms with Crippen molar-refractivity contribution in [2.24, 2.45) is 0 Å². The van der Waals surface area contributed by atoms with E-state index in [-0.39, 0.29) is 28.6 Å². The number of allylic oxidation sites excluding steroid dienone is 4. The van der Waals surface area contributed by atoms with Gasteiger partial charge in [-0.25, -0.2) is 0 Å². The molecule has 6 heteroatoms. The molecule has 0 heterocycles. The second kappa shape index (κ2) is 8.00. The van der Waals surface area contributed by atoms with Crippen LogP contribution in [0.2, 0.25) is 4.22 Å². The third kappa shape index (κ3) is 4.10. The van der Waals surface area contributed by atoms with Crippen LogP contribution in [0.3, 0.4) is 0 Å². The first-order valence-electron chi connectivity index (χ1n) is 8.23. The molecule has 3 rings (SSSR count). The summed E-state index contributed by atoms with van der Waals surface area (Å²) >= 11 is -2.66. The Kier molecular flexibility index (Phi) is 6.52. The summed E-state index contributed by atoms with van der Waals surface area (Å²) in [7, 11) is 0. The van der Waals surface area contributed by atoms with Gasteiger partial charge in [-0.15, -0.1) is 0 Å². The van der Waals surface area contributed by atoms with E-state index < -0.39 is 18.6 Å². The molecule has 0 aromatic carbocycles. The van der Waals surface area contributed by atoms with Gasteiger partial charge in [-0.2, -0.15) is 0 Å². The molecule has 1 unspecified atom stereocenters. The second-order valence-corrected chi connectivity index (χ2v) is 9.14. The standard InChI is InChI=1S/C13H17.2C2H4O2.ClH.Ti/c1-3-7-12-10(5-1)9-11-6-2-4-8-13(11)12;2*1-2(3)4;;/h5H,1-4,6-9H2;2*1H3,(H,3,4);1H;/q;;;;+3/p-3. The molecular formula is C17H23ClO4Ti. The zero-order chi connectivity index (χ0) is 15.7. The van der Waals surface area contributed by atoms with Gasteiger partial charge in [-0.05, 0) is 0 Å². The molecule has 0 N–H and O–H groups in total. The van der Waals surface area contributed by atoms with E-state index in [4.69, 9.17) is 6.64 Å². The first-order valence-corrected chi connectivity index (χ1v) is 10.4. The van der Waals surface area contributed by atoms with Crippen LogP contribution >= 0.6 is 0 Å². The molecule has 3 aliphatic rings. The van der Waals surface area contributed by atoms with Crippen LogP contribution in [0.4, 0.5) is 0 Å². The minimum atomic E-state index is -2.66. The fourth-order valence-corrected chi connectivity index (χ4v) is 7.02. The van der Waals surface area contributed by atoms with Crippen LogP contribution in [0, 0.1) is 0 Å². The third-order valence-electron chi connectivity index (χ3n) is 4.85. The van der Waals surface area contributed by atoms with Crippen molar-refractivity contribution in [3.05, 3.63) is 22.3 Å². The van der Waals surface area contributed by atoms with Gasteiger partial charge in [0.1, 0.15) is 0 Å². The number of hydrogen-bond acceptors (Lipinski definition) is 4. The summed E-state index contributed by atoms with van der Waals surface area (Å²) in [5.74, 6) is -0.639. The first kappa shape index (κ1) is 18.8. The van der Waals surface area contributed by atoms with E-state index in [9.17, 15) is 9.59 Å². The number of carbonyl (C=O) groups is 2. The minimum Gasteiger partial charge on any atom is -1.00 e. The summed E-state index contributed by atoms with van der Waals surface area (Å²) in [4.78, 5) is 22.8. The Morgan fingerprint density at radius 2 is 1.57 bits per heavy atom. The molecule has 0 aliphatic heterocycles. The summed E-state index contributed by atoms with van der Waals surface area (Å²) in [5, 5.41) is 0. The van der Waals surface area contributed by atoms with Gasteiger partial charge >= 0.3 is 139 Å². The van der Waals surface area contributed by atoms with E-state index >= 15 is 0 Å². The van der Waals surface area contributed by atoms with Crippen molar-refractivity contribution < 1.29 is 47.3 Å². The molecule has 0 amide bonds. The van der Waals surface area contributed by atoms with Gasteiger partial charge in [0.2, 0.25) is 0 Å². The Morgan fingerprint density at radius 3 is 2.22 bits per heavy atom. The molecule has 126 valence electrons. The maximum Gasteiger partial charge on any atom is -1.00 e. The molecule has 0 aromatic heterocycles. The van der Waals surface area contributed by atoms with E-state index in [2.05, 4.69) is 0 Å². The van der Waals surface area contributed by atoms with Gasteiger partial charge in [-0.1, -0.05) is 0 Å². The van der Waals surface area contributed by atoms with Crippen molar-refractivity contribution >= 4 is 11.9 Å². The molecule has 1 atom stereocenters. The fraction of sp³-hybridized carbons (Fsp3) is 0.647. The fourth-order valence-electron chi connectivity index (χ4n) is 4.07. The summed E-state index contributed by atoms with van der Waals surface area (Å²) < 4.78 is 11.2. The number of hydrogen-bond donors (Lipinski definition) is 0. The van der Waals surface area contributed by atoms with Gasteiger partial charge in [0.15, 0.2) is 0 Å². The Labute approximate surface area is 150 Å². The predicted molar refractivity (Wildman–Crippen MR) is 78.3 cm³/mol. The Bertz CT molecular complexity index is 551. The molecule has 23 heavy (non-hydrogen) atoms. The number of fused-ring (bicyclic) bond motifs is 1. The zero-order valence-corrected chi connectivity index (χ0v) is 16.1. The number of rotatable bonds is 3. The Hall–Kier alpha value is -0.576. The van der Waals surface area contributed by atoms with Crippen molar-refractivity contribution in [1.29, 1.82) is 0 Å². The van der Waals surface area contributed by atoms with E-state index in [0.29, 0.717) is 0 Å². The minimum absolute atomic E-state index is 0. The van der Waals surface area contributed by atoms with Gasteiger partial charge < -0.3 is 12.4 Å². The summed E-state index contributed by atoms with van der Waals surface area (Å²) in [6.45, 7) is 2.82. The molecule has 0 fully saturated rings. The van der Waals surface area contributed by atoms with Crippen LogP contribution < -0.4 is 12.4 Å². The normalized spacial score (nSPS) is 22.8. The second-order valence-electron chi connectivity index (χ2n) is 6.42. The smallest absolute Gasteiger partial charge is 1.00 e.